The first-order valence-electron chi connectivity index (χ1n) is 7.71. The van der Waals surface area contributed by atoms with E-state index < -0.39 is 6.10 Å². The number of nitrogens with zero attached hydrogens (tertiary/aromatic N) is 1. The summed E-state index contributed by atoms with van der Waals surface area (Å²) >= 11 is 0. The number of hydrogen-bond donors (Lipinski definition) is 1. The Kier molecular flexibility index (Phi) is 5.06. The fraction of sp³-hybridized carbons (Fsp3) is 0.647. The number of aliphatic hydroxyl groups excluding tert-OH is 1. The van der Waals surface area contributed by atoms with Gasteiger partial charge in [-0.1, -0.05) is 19.1 Å². The highest BCUT2D eigenvalue weighted by Crippen LogP contribution is 2.33. The lowest BCUT2D eigenvalue weighted by Crippen LogP contribution is -2.46. The van der Waals surface area contributed by atoms with Crippen LogP contribution in [0.1, 0.15) is 51.7 Å². The van der Waals surface area contributed by atoms with Crippen molar-refractivity contribution in [2.75, 3.05) is 19.7 Å². The third-order valence-electron chi connectivity index (χ3n) is 4.26. The fourth-order valence-corrected chi connectivity index (χ4v) is 2.84. The SMILES string of the molecule is CCCOc1ccc(C(O)C(C)(C)N2CCCC2)cc1. The van der Waals surface area contributed by atoms with Crippen molar-refractivity contribution in [3.05, 3.63) is 29.8 Å². The summed E-state index contributed by atoms with van der Waals surface area (Å²) in [5.74, 6) is 0.877. The van der Waals surface area contributed by atoms with E-state index in [9.17, 15) is 5.11 Å². The number of aliphatic hydroxyl groups is 1. The topological polar surface area (TPSA) is 32.7 Å². The van der Waals surface area contributed by atoms with Gasteiger partial charge in [0.25, 0.3) is 0 Å². The molecule has 0 spiro atoms. The Morgan fingerprint density at radius 1 is 1.20 bits per heavy atom. The summed E-state index contributed by atoms with van der Waals surface area (Å²) < 4.78 is 5.58. The first-order valence-corrected chi connectivity index (χ1v) is 7.71. The Morgan fingerprint density at radius 2 is 1.80 bits per heavy atom. The molecule has 3 heteroatoms. The molecule has 0 saturated carbocycles. The summed E-state index contributed by atoms with van der Waals surface area (Å²) in [7, 11) is 0. The zero-order chi connectivity index (χ0) is 14.6. The molecular formula is C17H27NO2. The van der Waals surface area contributed by atoms with Gasteiger partial charge < -0.3 is 9.84 Å². The molecule has 112 valence electrons. The second-order valence-electron chi connectivity index (χ2n) is 6.17. The van der Waals surface area contributed by atoms with Crippen LogP contribution in [0.15, 0.2) is 24.3 Å². The summed E-state index contributed by atoms with van der Waals surface area (Å²) in [5.41, 5.74) is 0.744. The number of ether oxygens (including phenoxy) is 1. The summed E-state index contributed by atoms with van der Waals surface area (Å²) in [6.45, 7) is 9.26. The van der Waals surface area contributed by atoms with E-state index in [0.717, 1.165) is 37.4 Å². The normalized spacial score (nSPS) is 18.2. The highest BCUT2D eigenvalue weighted by atomic mass is 16.5. The van der Waals surface area contributed by atoms with Gasteiger partial charge in [0.05, 0.1) is 12.7 Å². The van der Waals surface area contributed by atoms with Gasteiger partial charge in [-0.3, -0.25) is 4.90 Å². The maximum atomic E-state index is 10.7. The largest absolute Gasteiger partial charge is 0.494 e. The van der Waals surface area contributed by atoms with Gasteiger partial charge in [0, 0.05) is 5.54 Å². The van der Waals surface area contributed by atoms with Gasteiger partial charge in [-0.2, -0.15) is 0 Å². The molecule has 0 amide bonds. The number of hydrogen-bond acceptors (Lipinski definition) is 3. The second kappa shape index (κ2) is 6.59. The van der Waals surface area contributed by atoms with Crippen molar-refractivity contribution in [2.24, 2.45) is 0 Å². The zero-order valence-electron chi connectivity index (χ0n) is 12.9. The van der Waals surface area contributed by atoms with E-state index in [0.29, 0.717) is 0 Å². The number of likely N-dealkylation sites (tertiary alicyclic amines) is 1. The molecule has 0 aromatic heterocycles. The average molecular weight is 277 g/mol. The molecule has 1 atom stereocenters. The van der Waals surface area contributed by atoms with Crippen LogP contribution < -0.4 is 4.74 Å². The van der Waals surface area contributed by atoms with Crippen LogP contribution in [-0.4, -0.2) is 35.2 Å². The molecule has 0 radical (unpaired) electrons. The van der Waals surface area contributed by atoms with E-state index >= 15 is 0 Å². The van der Waals surface area contributed by atoms with Gasteiger partial charge in [-0.05, 0) is 63.9 Å². The van der Waals surface area contributed by atoms with Crippen molar-refractivity contribution in [3.8, 4) is 5.75 Å². The predicted molar refractivity (Wildman–Crippen MR) is 82.1 cm³/mol. The first kappa shape index (κ1) is 15.3. The van der Waals surface area contributed by atoms with Crippen molar-refractivity contribution in [2.45, 2.75) is 51.7 Å². The van der Waals surface area contributed by atoms with Crippen molar-refractivity contribution in [1.82, 2.24) is 4.90 Å². The average Bonchev–Trinajstić information content (AvgIpc) is 3.00. The Labute approximate surface area is 122 Å². The second-order valence-corrected chi connectivity index (χ2v) is 6.17. The molecule has 1 heterocycles. The molecule has 1 N–H and O–H groups in total. The van der Waals surface area contributed by atoms with E-state index in [1.807, 2.05) is 24.3 Å². The van der Waals surface area contributed by atoms with Crippen LogP contribution in [0.25, 0.3) is 0 Å². The van der Waals surface area contributed by atoms with Crippen LogP contribution in [0.3, 0.4) is 0 Å². The standard InChI is InChI=1S/C17H27NO2/c1-4-13-20-15-9-7-14(8-10-15)16(19)17(2,3)18-11-5-6-12-18/h7-10,16,19H,4-6,11-13H2,1-3H3. The maximum absolute atomic E-state index is 10.7. The van der Waals surface area contributed by atoms with Gasteiger partial charge in [0.2, 0.25) is 0 Å². The molecule has 3 nitrogen and oxygen atoms in total. The lowest BCUT2D eigenvalue weighted by atomic mass is 9.89. The maximum Gasteiger partial charge on any atom is 0.119 e. The molecule has 0 bridgehead atoms. The van der Waals surface area contributed by atoms with Crippen molar-refractivity contribution in [1.29, 1.82) is 0 Å². The highest BCUT2D eigenvalue weighted by Gasteiger charge is 2.36. The summed E-state index contributed by atoms with van der Waals surface area (Å²) in [5, 5.41) is 10.7. The van der Waals surface area contributed by atoms with Gasteiger partial charge >= 0.3 is 0 Å². The number of benzene rings is 1. The molecule has 1 aromatic rings. The third kappa shape index (κ3) is 3.33. The smallest absolute Gasteiger partial charge is 0.119 e. The van der Waals surface area contributed by atoms with E-state index in [2.05, 4.69) is 25.7 Å². The Hall–Kier alpha value is -1.06. The molecule has 0 aliphatic carbocycles. The van der Waals surface area contributed by atoms with Crippen molar-refractivity contribution in [3.63, 3.8) is 0 Å². The first-order chi connectivity index (χ1) is 9.55. The molecule has 20 heavy (non-hydrogen) atoms. The molecule has 1 aromatic carbocycles. The van der Waals surface area contributed by atoms with Crippen LogP contribution in [-0.2, 0) is 0 Å². The van der Waals surface area contributed by atoms with Gasteiger partial charge in [0.1, 0.15) is 5.75 Å². The molecule has 2 rings (SSSR count). The molecular weight excluding hydrogens is 250 g/mol. The van der Waals surface area contributed by atoms with E-state index in [1.54, 1.807) is 0 Å². The minimum absolute atomic E-state index is 0.220. The molecule has 1 aliphatic heterocycles. The van der Waals surface area contributed by atoms with Gasteiger partial charge in [-0.25, -0.2) is 0 Å². The van der Waals surface area contributed by atoms with E-state index in [1.165, 1.54) is 12.8 Å². The Morgan fingerprint density at radius 3 is 2.35 bits per heavy atom. The van der Waals surface area contributed by atoms with Crippen LogP contribution >= 0.6 is 0 Å². The monoisotopic (exact) mass is 277 g/mol. The summed E-state index contributed by atoms with van der Waals surface area (Å²) in [6, 6.07) is 7.86. The van der Waals surface area contributed by atoms with Crippen molar-refractivity contribution >= 4 is 0 Å². The quantitative estimate of drug-likeness (QED) is 0.865. The minimum atomic E-state index is -0.471. The number of rotatable bonds is 6. The van der Waals surface area contributed by atoms with Crippen LogP contribution in [0.5, 0.6) is 5.75 Å². The highest BCUT2D eigenvalue weighted by molar-refractivity contribution is 5.30. The van der Waals surface area contributed by atoms with Crippen LogP contribution in [0.4, 0.5) is 0 Å². The molecule has 1 saturated heterocycles. The molecule has 1 fully saturated rings. The lowest BCUT2D eigenvalue weighted by molar-refractivity contribution is 0.00130. The van der Waals surface area contributed by atoms with Gasteiger partial charge in [-0.15, -0.1) is 0 Å². The van der Waals surface area contributed by atoms with Crippen LogP contribution in [0.2, 0.25) is 0 Å². The summed E-state index contributed by atoms with van der Waals surface area (Å²) in [6.07, 6.45) is 3.01. The summed E-state index contributed by atoms with van der Waals surface area (Å²) in [4.78, 5) is 2.39. The fourth-order valence-electron chi connectivity index (χ4n) is 2.84. The van der Waals surface area contributed by atoms with E-state index in [4.69, 9.17) is 4.74 Å². The Bertz CT molecular complexity index is 408. The third-order valence-corrected chi connectivity index (χ3v) is 4.26. The Balaban J connectivity index is 2.05. The van der Waals surface area contributed by atoms with Crippen molar-refractivity contribution < 1.29 is 9.84 Å². The molecule has 1 unspecified atom stereocenters. The lowest BCUT2D eigenvalue weighted by Gasteiger charge is -2.39. The van der Waals surface area contributed by atoms with Gasteiger partial charge in [0.15, 0.2) is 0 Å². The van der Waals surface area contributed by atoms with Crippen LogP contribution in [0, 0.1) is 0 Å². The van der Waals surface area contributed by atoms with E-state index in [-0.39, 0.29) is 5.54 Å². The predicted octanol–water partition coefficient (Wildman–Crippen LogP) is 3.38. The minimum Gasteiger partial charge on any atom is -0.494 e. The molecule has 1 aliphatic rings. The zero-order valence-corrected chi connectivity index (χ0v) is 12.9.